The predicted molar refractivity (Wildman–Crippen MR) is 130 cm³/mol. The minimum atomic E-state index is -0.206. The molecule has 5 rings (SSSR count). The van der Waals surface area contributed by atoms with Gasteiger partial charge in [-0.1, -0.05) is 36.8 Å². The summed E-state index contributed by atoms with van der Waals surface area (Å²) in [4.78, 5) is 28.3. The number of amides is 1. The summed E-state index contributed by atoms with van der Waals surface area (Å²) in [5.74, 6) is 2.47. The summed E-state index contributed by atoms with van der Waals surface area (Å²) in [6.07, 6.45) is 6.51. The van der Waals surface area contributed by atoms with Crippen LogP contribution in [0.2, 0.25) is 0 Å². The molecule has 2 fully saturated rings. The molecular weight excluding hydrogens is 412 g/mol. The van der Waals surface area contributed by atoms with Crippen molar-refractivity contribution in [3.63, 3.8) is 0 Å². The first-order valence-electron chi connectivity index (χ1n) is 12.6. The molecule has 2 saturated heterocycles. The van der Waals surface area contributed by atoms with E-state index in [9.17, 15) is 4.79 Å². The Balaban J connectivity index is 1.42. The van der Waals surface area contributed by atoms with Crippen LogP contribution in [0.5, 0.6) is 0 Å². The summed E-state index contributed by atoms with van der Waals surface area (Å²) in [5.41, 5.74) is 3.30. The van der Waals surface area contributed by atoms with Gasteiger partial charge in [0.2, 0.25) is 5.91 Å². The van der Waals surface area contributed by atoms with Crippen molar-refractivity contribution in [2.45, 2.75) is 57.0 Å². The lowest BCUT2D eigenvalue weighted by atomic mass is 9.95. The van der Waals surface area contributed by atoms with Crippen molar-refractivity contribution in [3.8, 4) is 0 Å². The molecule has 2 N–H and O–H groups in total. The summed E-state index contributed by atoms with van der Waals surface area (Å²) in [6.45, 7) is 5.29. The number of carbonyl (C=O) groups excluding carboxylic acids is 1. The lowest BCUT2D eigenvalue weighted by Gasteiger charge is -2.38. The largest absolute Gasteiger partial charge is 0.373 e. The molecule has 0 spiro atoms. The van der Waals surface area contributed by atoms with Gasteiger partial charge in [-0.3, -0.25) is 9.69 Å². The molecule has 1 amide bonds. The number of likely N-dealkylation sites (tertiary alicyclic amines) is 1. The Hall–Kier alpha value is -2.51. The van der Waals surface area contributed by atoms with Crippen molar-refractivity contribution >= 4 is 11.7 Å². The average Bonchev–Trinajstić information content (AvgIpc) is 2.89. The van der Waals surface area contributed by atoms with Crippen LogP contribution in [0.25, 0.3) is 0 Å². The lowest BCUT2D eigenvalue weighted by molar-refractivity contribution is -0.138. The molecule has 0 radical (unpaired) electrons. The van der Waals surface area contributed by atoms with Gasteiger partial charge < -0.3 is 15.5 Å². The van der Waals surface area contributed by atoms with E-state index in [1.807, 2.05) is 30.1 Å². The second kappa shape index (κ2) is 10.2. The average molecular weight is 449 g/mol. The van der Waals surface area contributed by atoms with Gasteiger partial charge in [-0.25, -0.2) is 9.97 Å². The molecule has 3 aliphatic heterocycles. The fourth-order valence-corrected chi connectivity index (χ4v) is 5.60. The van der Waals surface area contributed by atoms with E-state index in [0.29, 0.717) is 19.0 Å². The molecule has 176 valence electrons. The number of nitrogens with zero attached hydrogens (tertiary/aromatic N) is 4. The smallest absolute Gasteiger partial charge is 0.244 e. The van der Waals surface area contributed by atoms with Crippen LogP contribution in [-0.2, 0) is 17.8 Å². The number of rotatable bonds is 5. The second-order valence-electron chi connectivity index (χ2n) is 9.55. The molecule has 0 bridgehead atoms. The fraction of sp³-hybridized carbons (Fsp3) is 0.577. The SMILES string of the molecule is CNc1nc(C2CCNCC2)nc2c1CCN(C(=O)[C@H](c1ccccc1)N1CCCCC1)C2. The van der Waals surface area contributed by atoms with Crippen LogP contribution in [0.4, 0.5) is 5.82 Å². The Morgan fingerprint density at radius 3 is 2.55 bits per heavy atom. The van der Waals surface area contributed by atoms with Crippen molar-refractivity contribution in [1.82, 2.24) is 25.1 Å². The Morgan fingerprint density at radius 2 is 1.82 bits per heavy atom. The molecule has 7 nitrogen and oxygen atoms in total. The standard InChI is InChI=1S/C26H36N6O/c1-27-25-21-12-17-32(18-22(21)29-24(30-25)20-10-13-28-14-11-20)26(33)23(19-8-4-2-5-9-19)31-15-6-3-7-16-31/h2,4-5,8-9,20,23,28H,3,6-7,10-18H2,1H3,(H,27,29,30)/t23-/m0/s1. The first-order valence-corrected chi connectivity index (χ1v) is 12.6. The zero-order valence-corrected chi connectivity index (χ0v) is 19.7. The van der Waals surface area contributed by atoms with Gasteiger partial charge in [0.05, 0.1) is 12.2 Å². The molecule has 7 heteroatoms. The normalized spacial score (nSPS) is 20.8. The Labute approximate surface area is 197 Å². The summed E-state index contributed by atoms with van der Waals surface area (Å²) < 4.78 is 0. The molecule has 4 heterocycles. The van der Waals surface area contributed by atoms with Gasteiger partial charge in [-0.15, -0.1) is 0 Å². The van der Waals surface area contributed by atoms with E-state index in [-0.39, 0.29) is 11.9 Å². The monoisotopic (exact) mass is 448 g/mol. The molecule has 3 aliphatic rings. The van der Waals surface area contributed by atoms with Crippen molar-refractivity contribution in [3.05, 3.63) is 53.0 Å². The predicted octanol–water partition coefficient (Wildman–Crippen LogP) is 3.10. The number of fused-ring (bicyclic) bond motifs is 1. The molecule has 1 aromatic heterocycles. The molecule has 33 heavy (non-hydrogen) atoms. The summed E-state index contributed by atoms with van der Waals surface area (Å²) in [5, 5.41) is 6.73. The van der Waals surface area contributed by atoms with E-state index in [1.165, 1.54) is 12.0 Å². The van der Waals surface area contributed by atoms with Crippen molar-refractivity contribution < 1.29 is 4.79 Å². The third-order valence-electron chi connectivity index (χ3n) is 7.44. The Morgan fingerprint density at radius 1 is 1.06 bits per heavy atom. The summed E-state index contributed by atoms with van der Waals surface area (Å²) in [6, 6.07) is 10.1. The highest BCUT2D eigenvalue weighted by Gasteiger charge is 2.35. The summed E-state index contributed by atoms with van der Waals surface area (Å²) >= 11 is 0. The molecule has 2 aromatic rings. The number of piperidine rings is 2. The van der Waals surface area contributed by atoms with Gasteiger partial charge in [0.25, 0.3) is 0 Å². The molecule has 0 saturated carbocycles. The van der Waals surface area contributed by atoms with Gasteiger partial charge in [0, 0.05) is 25.1 Å². The van der Waals surface area contributed by atoms with Crippen LogP contribution in [0.3, 0.4) is 0 Å². The first-order chi connectivity index (χ1) is 16.2. The van der Waals surface area contributed by atoms with E-state index in [4.69, 9.17) is 9.97 Å². The van der Waals surface area contributed by atoms with Gasteiger partial charge in [0.15, 0.2) is 0 Å². The fourth-order valence-electron chi connectivity index (χ4n) is 5.60. The lowest BCUT2D eigenvalue weighted by Crippen LogP contribution is -2.46. The summed E-state index contributed by atoms with van der Waals surface area (Å²) in [7, 11) is 1.94. The van der Waals surface area contributed by atoms with Crippen LogP contribution in [0.15, 0.2) is 30.3 Å². The number of benzene rings is 1. The number of carbonyl (C=O) groups is 1. The van der Waals surface area contributed by atoms with Crippen molar-refractivity contribution in [1.29, 1.82) is 0 Å². The van der Waals surface area contributed by atoms with Crippen LogP contribution in [0.1, 0.15) is 66.7 Å². The minimum absolute atomic E-state index is 0.206. The molecule has 0 unspecified atom stereocenters. The maximum absolute atomic E-state index is 14.0. The zero-order chi connectivity index (χ0) is 22.6. The van der Waals surface area contributed by atoms with Gasteiger partial charge >= 0.3 is 0 Å². The minimum Gasteiger partial charge on any atom is -0.373 e. The van der Waals surface area contributed by atoms with Crippen LogP contribution >= 0.6 is 0 Å². The quantitative estimate of drug-likeness (QED) is 0.732. The third-order valence-corrected chi connectivity index (χ3v) is 7.44. The van der Waals surface area contributed by atoms with E-state index >= 15 is 0 Å². The van der Waals surface area contributed by atoms with Gasteiger partial charge in [-0.2, -0.15) is 0 Å². The zero-order valence-electron chi connectivity index (χ0n) is 19.7. The first kappa shape index (κ1) is 22.3. The van der Waals surface area contributed by atoms with Crippen molar-refractivity contribution in [2.24, 2.45) is 0 Å². The second-order valence-corrected chi connectivity index (χ2v) is 9.55. The van der Waals surface area contributed by atoms with E-state index in [0.717, 1.165) is 81.2 Å². The van der Waals surface area contributed by atoms with Gasteiger partial charge in [-0.05, 0) is 63.8 Å². The van der Waals surface area contributed by atoms with Crippen LogP contribution in [-0.4, -0.2) is 65.4 Å². The maximum atomic E-state index is 14.0. The van der Waals surface area contributed by atoms with Crippen molar-refractivity contribution in [2.75, 3.05) is 45.1 Å². The molecule has 1 atom stereocenters. The van der Waals surface area contributed by atoms with Crippen LogP contribution in [0, 0.1) is 0 Å². The highest BCUT2D eigenvalue weighted by atomic mass is 16.2. The maximum Gasteiger partial charge on any atom is 0.244 e. The highest BCUT2D eigenvalue weighted by molar-refractivity contribution is 5.83. The number of anilines is 1. The number of aromatic nitrogens is 2. The highest BCUT2D eigenvalue weighted by Crippen LogP contribution is 2.32. The Kier molecular flexibility index (Phi) is 6.88. The molecule has 0 aliphatic carbocycles. The van der Waals surface area contributed by atoms with E-state index in [1.54, 1.807) is 0 Å². The third kappa shape index (κ3) is 4.75. The number of hydrogen-bond acceptors (Lipinski definition) is 6. The number of nitrogens with one attached hydrogen (secondary N) is 2. The topological polar surface area (TPSA) is 73.4 Å². The van der Waals surface area contributed by atoms with E-state index in [2.05, 4.69) is 27.7 Å². The molecular formula is C26H36N6O. The van der Waals surface area contributed by atoms with E-state index < -0.39 is 0 Å². The Bertz CT molecular complexity index is 953. The van der Waals surface area contributed by atoms with Crippen LogP contribution < -0.4 is 10.6 Å². The number of hydrogen-bond donors (Lipinski definition) is 2. The molecule has 1 aromatic carbocycles. The van der Waals surface area contributed by atoms with Gasteiger partial charge in [0.1, 0.15) is 17.7 Å².